The third-order valence-electron chi connectivity index (χ3n) is 4.65. The molecule has 0 radical (unpaired) electrons. The number of aliphatic carboxylic acids is 1. The van der Waals surface area contributed by atoms with E-state index in [4.69, 9.17) is 9.47 Å². The van der Waals surface area contributed by atoms with E-state index < -0.39 is 5.97 Å². The van der Waals surface area contributed by atoms with Gasteiger partial charge in [-0.15, -0.1) is 0 Å². The van der Waals surface area contributed by atoms with Crippen molar-refractivity contribution in [1.82, 2.24) is 5.32 Å². The highest BCUT2D eigenvalue weighted by atomic mass is 16.5. The van der Waals surface area contributed by atoms with Gasteiger partial charge in [-0.05, 0) is 29.5 Å². The minimum Gasteiger partial charge on any atom is -0.478 e. The zero-order valence-electron chi connectivity index (χ0n) is 13.4. The first-order valence-electron chi connectivity index (χ1n) is 8.00. The number of hydrogen-bond donors (Lipinski definition) is 2. The van der Waals surface area contributed by atoms with Crippen molar-refractivity contribution in [1.29, 1.82) is 0 Å². The van der Waals surface area contributed by atoms with E-state index in [0.29, 0.717) is 31.9 Å². The Labute approximate surface area is 136 Å². The molecule has 0 aromatic heterocycles. The van der Waals surface area contributed by atoms with Gasteiger partial charge in [0.15, 0.2) is 0 Å². The first kappa shape index (κ1) is 16.2. The van der Waals surface area contributed by atoms with Crippen molar-refractivity contribution >= 4 is 11.5 Å². The molecular weight excluding hydrogens is 294 g/mol. The standard InChI is InChI=1S/C18H23NO4/c1-22-8-9-23-11-13-2-4-14(5-3-13)16-15(17(20)21)10-19-12-18(16)6-7-18/h2-5,19H,6-12H2,1H3,(H,20,21). The summed E-state index contributed by atoms with van der Waals surface area (Å²) in [4.78, 5) is 11.6. The summed E-state index contributed by atoms with van der Waals surface area (Å²) >= 11 is 0. The number of carboxylic acid groups (broad SMARTS) is 1. The Balaban J connectivity index is 1.78. The van der Waals surface area contributed by atoms with Crippen molar-refractivity contribution in [3.8, 4) is 0 Å². The van der Waals surface area contributed by atoms with Gasteiger partial charge in [0.25, 0.3) is 0 Å². The summed E-state index contributed by atoms with van der Waals surface area (Å²) in [5.41, 5.74) is 3.68. The van der Waals surface area contributed by atoms with E-state index >= 15 is 0 Å². The normalized spacial score (nSPS) is 19.2. The van der Waals surface area contributed by atoms with Crippen LogP contribution < -0.4 is 5.32 Å². The number of carboxylic acids is 1. The Morgan fingerprint density at radius 1 is 1.26 bits per heavy atom. The van der Waals surface area contributed by atoms with E-state index in [0.717, 1.165) is 36.1 Å². The van der Waals surface area contributed by atoms with Crippen LogP contribution in [0.25, 0.3) is 5.57 Å². The third kappa shape index (κ3) is 3.47. The average Bonchev–Trinajstić information content (AvgIpc) is 3.32. The van der Waals surface area contributed by atoms with Crippen LogP contribution in [0, 0.1) is 5.41 Å². The summed E-state index contributed by atoms with van der Waals surface area (Å²) in [6.45, 7) is 3.01. The number of hydrogen-bond acceptors (Lipinski definition) is 4. The summed E-state index contributed by atoms with van der Waals surface area (Å²) in [5, 5.41) is 12.8. The fraction of sp³-hybridized carbons (Fsp3) is 0.500. The lowest BCUT2D eigenvalue weighted by Gasteiger charge is -2.28. The lowest BCUT2D eigenvalue weighted by molar-refractivity contribution is -0.132. The second-order valence-electron chi connectivity index (χ2n) is 6.28. The van der Waals surface area contributed by atoms with Gasteiger partial charge in [0.2, 0.25) is 0 Å². The largest absolute Gasteiger partial charge is 0.478 e. The second-order valence-corrected chi connectivity index (χ2v) is 6.28. The molecule has 2 N–H and O–H groups in total. The summed E-state index contributed by atoms with van der Waals surface area (Å²) in [6, 6.07) is 8.09. The molecule has 1 heterocycles. The third-order valence-corrected chi connectivity index (χ3v) is 4.65. The molecule has 5 nitrogen and oxygen atoms in total. The summed E-state index contributed by atoms with van der Waals surface area (Å²) < 4.78 is 10.5. The molecule has 5 heteroatoms. The molecule has 2 aliphatic rings. The van der Waals surface area contributed by atoms with E-state index in [-0.39, 0.29) is 5.41 Å². The van der Waals surface area contributed by atoms with Crippen molar-refractivity contribution in [2.75, 3.05) is 33.4 Å². The van der Waals surface area contributed by atoms with Gasteiger partial charge in [-0.1, -0.05) is 24.3 Å². The molecule has 1 aromatic carbocycles. The zero-order chi connectivity index (χ0) is 16.3. The highest BCUT2D eigenvalue weighted by Gasteiger charge is 2.49. The number of benzene rings is 1. The predicted octanol–water partition coefficient (Wildman–Crippen LogP) is 2.07. The number of rotatable bonds is 7. The van der Waals surface area contributed by atoms with E-state index in [2.05, 4.69) is 5.32 Å². The predicted molar refractivity (Wildman–Crippen MR) is 87.1 cm³/mol. The fourth-order valence-corrected chi connectivity index (χ4v) is 3.26. The van der Waals surface area contributed by atoms with E-state index in [1.54, 1.807) is 7.11 Å². The molecule has 0 atom stereocenters. The Kier molecular flexibility index (Phi) is 4.80. The topological polar surface area (TPSA) is 67.8 Å². The first-order chi connectivity index (χ1) is 11.2. The lowest BCUT2D eigenvalue weighted by Crippen LogP contribution is -2.35. The molecule has 0 bridgehead atoms. The van der Waals surface area contributed by atoms with Gasteiger partial charge in [-0.2, -0.15) is 0 Å². The SMILES string of the molecule is COCCOCc1ccc(C2=C(C(=O)O)CNCC23CC3)cc1. The van der Waals surface area contributed by atoms with Crippen LogP contribution in [0.15, 0.2) is 29.8 Å². The van der Waals surface area contributed by atoms with Crippen LogP contribution in [-0.4, -0.2) is 44.5 Å². The van der Waals surface area contributed by atoms with Crippen molar-refractivity contribution in [2.24, 2.45) is 5.41 Å². The quantitative estimate of drug-likeness (QED) is 0.754. The van der Waals surface area contributed by atoms with Crippen molar-refractivity contribution in [3.05, 3.63) is 41.0 Å². The number of methoxy groups -OCH3 is 1. The van der Waals surface area contributed by atoms with Gasteiger partial charge in [-0.3, -0.25) is 0 Å². The van der Waals surface area contributed by atoms with E-state index in [1.165, 1.54) is 0 Å². The number of nitrogens with one attached hydrogen (secondary N) is 1. The number of ether oxygens (including phenoxy) is 2. The van der Waals surface area contributed by atoms with Crippen LogP contribution in [0.4, 0.5) is 0 Å². The fourth-order valence-electron chi connectivity index (χ4n) is 3.26. The molecule has 1 saturated carbocycles. The van der Waals surface area contributed by atoms with Gasteiger partial charge >= 0.3 is 5.97 Å². The molecule has 1 spiro atoms. The van der Waals surface area contributed by atoms with Crippen molar-refractivity contribution < 1.29 is 19.4 Å². The minimum atomic E-state index is -0.814. The van der Waals surface area contributed by atoms with Gasteiger partial charge < -0.3 is 19.9 Å². The summed E-state index contributed by atoms with van der Waals surface area (Å²) in [5.74, 6) is -0.814. The highest BCUT2D eigenvalue weighted by molar-refractivity contribution is 5.99. The summed E-state index contributed by atoms with van der Waals surface area (Å²) in [7, 11) is 1.65. The molecule has 124 valence electrons. The molecule has 1 aliphatic heterocycles. The monoisotopic (exact) mass is 317 g/mol. The lowest BCUT2D eigenvalue weighted by atomic mass is 9.83. The number of carbonyl (C=O) groups is 1. The second kappa shape index (κ2) is 6.83. The van der Waals surface area contributed by atoms with Crippen LogP contribution in [0.1, 0.15) is 24.0 Å². The van der Waals surface area contributed by atoms with Gasteiger partial charge in [-0.25, -0.2) is 4.79 Å². The first-order valence-corrected chi connectivity index (χ1v) is 8.00. The molecule has 0 unspecified atom stereocenters. The van der Waals surface area contributed by atoms with Crippen molar-refractivity contribution in [2.45, 2.75) is 19.4 Å². The minimum absolute atomic E-state index is 0.0302. The molecule has 23 heavy (non-hydrogen) atoms. The van der Waals surface area contributed by atoms with Crippen LogP contribution in [-0.2, 0) is 20.9 Å². The maximum atomic E-state index is 11.6. The maximum absolute atomic E-state index is 11.6. The summed E-state index contributed by atoms with van der Waals surface area (Å²) in [6.07, 6.45) is 2.13. The average molecular weight is 317 g/mol. The molecule has 0 saturated heterocycles. The Morgan fingerprint density at radius 2 is 2.00 bits per heavy atom. The van der Waals surface area contributed by atoms with Crippen LogP contribution in [0.3, 0.4) is 0 Å². The highest BCUT2D eigenvalue weighted by Crippen LogP contribution is 2.57. The molecule has 0 amide bonds. The Bertz CT molecular complexity index is 602. The van der Waals surface area contributed by atoms with Gasteiger partial charge in [0.1, 0.15) is 0 Å². The maximum Gasteiger partial charge on any atom is 0.333 e. The zero-order valence-corrected chi connectivity index (χ0v) is 13.4. The van der Waals surface area contributed by atoms with E-state index in [1.807, 2.05) is 24.3 Å². The van der Waals surface area contributed by atoms with Gasteiger partial charge in [0.05, 0.1) is 25.4 Å². The molecule has 3 rings (SSSR count). The van der Waals surface area contributed by atoms with Gasteiger partial charge in [0, 0.05) is 25.6 Å². The Morgan fingerprint density at radius 3 is 2.61 bits per heavy atom. The molecule has 1 fully saturated rings. The smallest absolute Gasteiger partial charge is 0.333 e. The van der Waals surface area contributed by atoms with E-state index in [9.17, 15) is 9.90 Å². The molecular formula is C18H23NO4. The van der Waals surface area contributed by atoms with Crippen molar-refractivity contribution in [3.63, 3.8) is 0 Å². The van der Waals surface area contributed by atoms with Crippen LogP contribution in [0.2, 0.25) is 0 Å². The molecule has 1 aromatic rings. The Hall–Kier alpha value is -1.69. The molecule has 1 aliphatic carbocycles. The van der Waals surface area contributed by atoms with Crippen LogP contribution in [0.5, 0.6) is 0 Å². The van der Waals surface area contributed by atoms with Crippen LogP contribution >= 0.6 is 0 Å².